The second-order valence-electron chi connectivity index (χ2n) is 2.90. The number of nitrogens with zero attached hydrogens (tertiary/aromatic N) is 1. The van der Waals surface area contributed by atoms with Crippen LogP contribution in [0.3, 0.4) is 0 Å². The summed E-state index contributed by atoms with van der Waals surface area (Å²) < 4.78 is 29.2. The minimum Gasteiger partial charge on any atom is -0.374 e. The molecule has 1 N–H and O–H groups in total. The molecule has 1 aliphatic rings. The van der Waals surface area contributed by atoms with Crippen molar-refractivity contribution in [3.63, 3.8) is 0 Å². The van der Waals surface area contributed by atoms with Gasteiger partial charge in [-0.05, 0) is 18.7 Å². The molecule has 0 aliphatic carbocycles. The number of rotatable bonds is 4. The predicted molar refractivity (Wildman–Crippen MR) is 50.9 cm³/mol. The van der Waals surface area contributed by atoms with Crippen molar-refractivity contribution in [1.29, 1.82) is 0 Å². The minimum atomic E-state index is -3.79. The molecule has 1 heterocycles. The van der Waals surface area contributed by atoms with Gasteiger partial charge in [-0.25, -0.2) is 0 Å². The number of allylic oxidation sites excluding steroid dienone is 2. The van der Waals surface area contributed by atoms with Crippen molar-refractivity contribution < 1.29 is 33.4 Å². The van der Waals surface area contributed by atoms with E-state index < -0.39 is 10.1 Å². The molecular weight excluding hydrogens is 297 g/mol. The molecule has 84 valence electrons. The Morgan fingerprint density at radius 3 is 2.57 bits per heavy atom. The zero-order chi connectivity index (χ0) is 9.73. The van der Waals surface area contributed by atoms with Crippen LogP contribution in [-0.4, -0.2) is 36.7 Å². The summed E-state index contributed by atoms with van der Waals surface area (Å²) in [7, 11) is -3.79. The van der Waals surface area contributed by atoms with E-state index in [4.69, 9.17) is 4.55 Å². The molecular formula is C8H13NO3PdS. The average Bonchev–Trinajstić information content (AvgIpc) is 2.04. The van der Waals surface area contributed by atoms with Gasteiger partial charge in [0.1, 0.15) is 0 Å². The predicted octanol–water partition coefficient (Wildman–Crippen LogP) is 0.647. The van der Waals surface area contributed by atoms with Crippen molar-refractivity contribution >= 4 is 10.1 Å². The van der Waals surface area contributed by atoms with E-state index in [2.05, 4.69) is 0 Å². The van der Waals surface area contributed by atoms with Gasteiger partial charge < -0.3 is 4.90 Å². The van der Waals surface area contributed by atoms with Gasteiger partial charge in [0.2, 0.25) is 0 Å². The van der Waals surface area contributed by atoms with Crippen LogP contribution in [-0.2, 0) is 30.5 Å². The van der Waals surface area contributed by atoms with E-state index in [9.17, 15) is 8.42 Å². The zero-order valence-electron chi connectivity index (χ0n) is 7.57. The Labute approximate surface area is 98.1 Å². The van der Waals surface area contributed by atoms with Crippen molar-refractivity contribution in [2.75, 3.05) is 18.8 Å². The third-order valence-corrected chi connectivity index (χ3v) is 2.54. The molecule has 0 unspecified atom stereocenters. The van der Waals surface area contributed by atoms with Crippen molar-refractivity contribution in [2.24, 2.45) is 0 Å². The molecule has 0 saturated heterocycles. The van der Waals surface area contributed by atoms with Crippen LogP contribution in [0.25, 0.3) is 0 Å². The molecule has 0 aromatic heterocycles. The Hall–Kier alpha value is -0.148. The molecule has 0 aromatic carbocycles. The molecule has 0 atom stereocenters. The molecule has 14 heavy (non-hydrogen) atoms. The molecule has 1 rings (SSSR count). The molecule has 6 heteroatoms. The zero-order valence-corrected chi connectivity index (χ0v) is 9.94. The molecule has 0 bridgehead atoms. The second-order valence-corrected chi connectivity index (χ2v) is 4.48. The van der Waals surface area contributed by atoms with Crippen molar-refractivity contribution in [3.8, 4) is 0 Å². The maximum absolute atomic E-state index is 10.4. The van der Waals surface area contributed by atoms with Gasteiger partial charge in [-0.3, -0.25) is 4.55 Å². The van der Waals surface area contributed by atoms with Crippen LogP contribution in [0.15, 0.2) is 24.4 Å². The van der Waals surface area contributed by atoms with Crippen LogP contribution in [0.5, 0.6) is 0 Å². The molecule has 0 radical (unpaired) electrons. The summed E-state index contributed by atoms with van der Waals surface area (Å²) in [5, 5.41) is 0. The van der Waals surface area contributed by atoms with E-state index in [0.717, 1.165) is 6.54 Å². The molecule has 0 spiro atoms. The molecule has 0 saturated carbocycles. The van der Waals surface area contributed by atoms with E-state index in [0.29, 0.717) is 13.0 Å². The van der Waals surface area contributed by atoms with Gasteiger partial charge in [0.05, 0.1) is 5.75 Å². The van der Waals surface area contributed by atoms with Crippen LogP contribution >= 0.6 is 0 Å². The fourth-order valence-corrected chi connectivity index (χ4v) is 1.62. The van der Waals surface area contributed by atoms with E-state index in [1.54, 1.807) is 0 Å². The van der Waals surface area contributed by atoms with Gasteiger partial charge in [-0.15, -0.1) is 0 Å². The van der Waals surface area contributed by atoms with Crippen LogP contribution < -0.4 is 0 Å². The largest absolute Gasteiger partial charge is 0.374 e. The Morgan fingerprint density at radius 1 is 1.36 bits per heavy atom. The second kappa shape index (κ2) is 6.36. The smallest absolute Gasteiger partial charge is 0.264 e. The summed E-state index contributed by atoms with van der Waals surface area (Å²) in [5.74, 6) is -0.166. The third kappa shape index (κ3) is 6.33. The number of hydrogen-bond donors (Lipinski definition) is 1. The van der Waals surface area contributed by atoms with Crippen molar-refractivity contribution in [2.45, 2.75) is 6.42 Å². The first-order chi connectivity index (χ1) is 6.08. The molecule has 0 fully saturated rings. The summed E-state index contributed by atoms with van der Waals surface area (Å²) in [5.41, 5.74) is 0. The maximum atomic E-state index is 10.4. The van der Waals surface area contributed by atoms with Crippen molar-refractivity contribution in [3.05, 3.63) is 24.4 Å². The first-order valence-electron chi connectivity index (χ1n) is 4.10. The van der Waals surface area contributed by atoms with Gasteiger partial charge in [0, 0.05) is 33.5 Å². The topological polar surface area (TPSA) is 57.6 Å². The summed E-state index contributed by atoms with van der Waals surface area (Å²) in [6.45, 7) is 1.46. The van der Waals surface area contributed by atoms with Crippen LogP contribution in [0.2, 0.25) is 0 Å². The van der Waals surface area contributed by atoms with Crippen LogP contribution in [0, 0.1) is 0 Å². The summed E-state index contributed by atoms with van der Waals surface area (Å²) in [4.78, 5) is 1.99. The van der Waals surface area contributed by atoms with Gasteiger partial charge >= 0.3 is 0 Å². The van der Waals surface area contributed by atoms with Gasteiger partial charge in [-0.1, -0.05) is 12.2 Å². The number of hydrogen-bond acceptors (Lipinski definition) is 3. The normalized spacial score (nSPS) is 15.4. The van der Waals surface area contributed by atoms with Crippen molar-refractivity contribution in [1.82, 2.24) is 4.90 Å². The summed E-state index contributed by atoms with van der Waals surface area (Å²) in [6.07, 6.45) is 8.20. The molecule has 0 aromatic rings. The standard InChI is InChI=1S/C8H13NO3S.Pd/c10-13(11,12)8-4-7-9-5-2-1-3-6-9;/h1-3,5H,4,6-8H2,(H,10,11,12);. The van der Waals surface area contributed by atoms with E-state index in [1.165, 1.54) is 0 Å². The fraction of sp³-hybridized carbons (Fsp3) is 0.500. The summed E-state index contributed by atoms with van der Waals surface area (Å²) in [6, 6.07) is 0. The Kier molecular flexibility index (Phi) is 6.29. The Balaban J connectivity index is 0.00000169. The quantitative estimate of drug-likeness (QED) is 0.612. The first-order valence-corrected chi connectivity index (χ1v) is 5.71. The molecule has 4 nitrogen and oxygen atoms in total. The maximum Gasteiger partial charge on any atom is 0.264 e. The molecule has 1 aliphatic heterocycles. The van der Waals surface area contributed by atoms with Gasteiger partial charge in [0.15, 0.2) is 0 Å². The first kappa shape index (κ1) is 13.9. The Bertz CT molecular complexity index is 311. The third-order valence-electron chi connectivity index (χ3n) is 1.73. The fourth-order valence-electron chi connectivity index (χ4n) is 1.12. The monoisotopic (exact) mass is 309 g/mol. The Morgan fingerprint density at radius 2 is 2.07 bits per heavy atom. The molecule has 0 amide bonds. The van der Waals surface area contributed by atoms with E-state index in [-0.39, 0.29) is 26.2 Å². The van der Waals surface area contributed by atoms with Crippen LogP contribution in [0.1, 0.15) is 6.42 Å². The SMILES string of the molecule is O=S(=O)(O)CCCN1C=CC=CC1.[Pd]. The van der Waals surface area contributed by atoms with Crippen LogP contribution in [0.4, 0.5) is 0 Å². The van der Waals surface area contributed by atoms with Gasteiger partial charge in [0.25, 0.3) is 10.1 Å². The minimum absolute atomic E-state index is 0. The van der Waals surface area contributed by atoms with E-state index >= 15 is 0 Å². The summed E-state index contributed by atoms with van der Waals surface area (Å²) >= 11 is 0. The average molecular weight is 310 g/mol. The van der Waals surface area contributed by atoms with E-state index in [1.807, 2.05) is 29.3 Å². The van der Waals surface area contributed by atoms with Gasteiger partial charge in [-0.2, -0.15) is 8.42 Å².